The van der Waals surface area contributed by atoms with Crippen molar-refractivity contribution in [3.8, 4) is 0 Å². The van der Waals surface area contributed by atoms with Crippen LogP contribution >= 0.6 is 0 Å². The topological polar surface area (TPSA) is 35.2 Å². The van der Waals surface area contributed by atoms with Crippen LogP contribution in [0.5, 0.6) is 0 Å². The number of ether oxygens (including phenoxy) is 1. The fraction of sp³-hybridized carbons (Fsp3) is 0.455. The molecular formula is C11H17NO. The number of anilines is 1. The lowest BCUT2D eigenvalue weighted by Gasteiger charge is -2.19. The van der Waals surface area contributed by atoms with Crippen molar-refractivity contribution in [1.82, 2.24) is 0 Å². The van der Waals surface area contributed by atoms with Crippen LogP contribution in [-0.2, 0) is 4.74 Å². The summed E-state index contributed by atoms with van der Waals surface area (Å²) in [5.41, 5.74) is 7.64. The van der Waals surface area contributed by atoms with Crippen molar-refractivity contribution >= 4 is 5.69 Å². The quantitative estimate of drug-likeness (QED) is 0.724. The predicted octanol–water partition coefficient (Wildman–Crippen LogP) is 2.61. The molecule has 0 saturated carbocycles. The van der Waals surface area contributed by atoms with Gasteiger partial charge in [-0.05, 0) is 23.6 Å². The first kappa shape index (κ1) is 10.1. The van der Waals surface area contributed by atoms with E-state index in [1.165, 1.54) is 0 Å². The molecule has 0 aliphatic rings. The third-order valence-corrected chi connectivity index (χ3v) is 2.10. The van der Waals surface area contributed by atoms with Crippen LogP contribution in [0.2, 0.25) is 0 Å². The normalized spacial score (nSPS) is 13.2. The van der Waals surface area contributed by atoms with E-state index in [1.807, 2.05) is 24.3 Å². The second-order valence-electron chi connectivity index (χ2n) is 3.57. The lowest BCUT2D eigenvalue weighted by Crippen LogP contribution is -2.08. The molecule has 0 unspecified atom stereocenters. The van der Waals surface area contributed by atoms with E-state index >= 15 is 0 Å². The summed E-state index contributed by atoms with van der Waals surface area (Å²) < 4.78 is 5.40. The smallest absolute Gasteiger partial charge is 0.0844 e. The van der Waals surface area contributed by atoms with Gasteiger partial charge in [0.2, 0.25) is 0 Å². The summed E-state index contributed by atoms with van der Waals surface area (Å²) in [6.07, 6.45) is 0.142. The maximum Gasteiger partial charge on any atom is 0.0844 e. The molecule has 2 nitrogen and oxygen atoms in total. The van der Waals surface area contributed by atoms with E-state index in [1.54, 1.807) is 7.11 Å². The van der Waals surface area contributed by atoms with E-state index in [-0.39, 0.29) is 6.10 Å². The van der Waals surface area contributed by atoms with E-state index in [2.05, 4.69) is 13.8 Å². The van der Waals surface area contributed by atoms with Crippen LogP contribution in [0.25, 0.3) is 0 Å². The second kappa shape index (κ2) is 4.28. The Labute approximate surface area is 79.7 Å². The fourth-order valence-electron chi connectivity index (χ4n) is 1.53. The van der Waals surface area contributed by atoms with Crippen molar-refractivity contribution in [1.29, 1.82) is 0 Å². The van der Waals surface area contributed by atoms with Crippen LogP contribution in [-0.4, -0.2) is 7.11 Å². The summed E-state index contributed by atoms with van der Waals surface area (Å²) in [5.74, 6) is 0.465. The molecule has 13 heavy (non-hydrogen) atoms. The van der Waals surface area contributed by atoms with E-state index in [0.29, 0.717) is 5.92 Å². The average molecular weight is 179 g/mol. The van der Waals surface area contributed by atoms with Crippen molar-refractivity contribution in [2.24, 2.45) is 5.92 Å². The summed E-state index contributed by atoms with van der Waals surface area (Å²) >= 11 is 0. The van der Waals surface area contributed by atoms with Gasteiger partial charge in [0.15, 0.2) is 0 Å². The molecule has 0 saturated heterocycles. The third kappa shape index (κ3) is 2.46. The van der Waals surface area contributed by atoms with Crippen LogP contribution in [0.4, 0.5) is 5.69 Å². The molecule has 1 aromatic carbocycles. The van der Waals surface area contributed by atoms with Gasteiger partial charge in [0, 0.05) is 12.8 Å². The highest BCUT2D eigenvalue weighted by atomic mass is 16.5. The Morgan fingerprint density at radius 2 is 2.00 bits per heavy atom. The molecule has 0 aromatic heterocycles. The zero-order chi connectivity index (χ0) is 9.84. The average Bonchev–Trinajstić information content (AvgIpc) is 2.04. The molecule has 1 atom stereocenters. The van der Waals surface area contributed by atoms with E-state index in [9.17, 15) is 0 Å². The molecule has 2 N–H and O–H groups in total. The minimum Gasteiger partial charge on any atom is -0.399 e. The van der Waals surface area contributed by atoms with Gasteiger partial charge in [-0.25, -0.2) is 0 Å². The Kier molecular flexibility index (Phi) is 3.32. The first-order valence-electron chi connectivity index (χ1n) is 4.53. The van der Waals surface area contributed by atoms with Gasteiger partial charge < -0.3 is 10.5 Å². The van der Waals surface area contributed by atoms with Gasteiger partial charge in [0.1, 0.15) is 0 Å². The molecule has 0 aliphatic heterocycles. The molecule has 0 heterocycles. The van der Waals surface area contributed by atoms with Crippen LogP contribution in [0.1, 0.15) is 25.5 Å². The Hall–Kier alpha value is -1.02. The maximum atomic E-state index is 5.70. The number of benzene rings is 1. The number of rotatable bonds is 3. The Balaban J connectivity index is 2.91. The number of nitrogens with two attached hydrogens (primary N) is 1. The fourth-order valence-corrected chi connectivity index (χ4v) is 1.53. The van der Waals surface area contributed by atoms with Gasteiger partial charge in [-0.1, -0.05) is 26.0 Å². The monoisotopic (exact) mass is 179 g/mol. The molecule has 1 aromatic rings. The number of hydrogen-bond donors (Lipinski definition) is 1. The lowest BCUT2D eigenvalue weighted by molar-refractivity contribution is 0.0647. The van der Waals surface area contributed by atoms with Crippen molar-refractivity contribution < 1.29 is 4.74 Å². The summed E-state index contributed by atoms with van der Waals surface area (Å²) in [4.78, 5) is 0. The molecule has 72 valence electrons. The van der Waals surface area contributed by atoms with Gasteiger partial charge in [-0.2, -0.15) is 0 Å². The summed E-state index contributed by atoms with van der Waals surface area (Å²) in [6.45, 7) is 4.27. The molecule has 2 heteroatoms. The molecule has 0 spiro atoms. The molecule has 1 rings (SSSR count). The van der Waals surface area contributed by atoms with Gasteiger partial charge in [0.25, 0.3) is 0 Å². The van der Waals surface area contributed by atoms with Crippen molar-refractivity contribution in [3.05, 3.63) is 29.8 Å². The zero-order valence-corrected chi connectivity index (χ0v) is 8.45. The van der Waals surface area contributed by atoms with Gasteiger partial charge >= 0.3 is 0 Å². The third-order valence-electron chi connectivity index (χ3n) is 2.10. The highest BCUT2D eigenvalue weighted by molar-refractivity contribution is 5.41. The van der Waals surface area contributed by atoms with Crippen molar-refractivity contribution in [3.63, 3.8) is 0 Å². The van der Waals surface area contributed by atoms with Gasteiger partial charge in [-0.3, -0.25) is 0 Å². The summed E-state index contributed by atoms with van der Waals surface area (Å²) in [5, 5.41) is 0. The Bertz CT molecular complexity index is 271. The van der Waals surface area contributed by atoms with Gasteiger partial charge in [0.05, 0.1) is 6.10 Å². The zero-order valence-electron chi connectivity index (χ0n) is 8.45. The first-order chi connectivity index (χ1) is 6.15. The van der Waals surface area contributed by atoms with E-state index in [0.717, 1.165) is 11.3 Å². The number of hydrogen-bond acceptors (Lipinski definition) is 2. The van der Waals surface area contributed by atoms with Crippen LogP contribution in [0, 0.1) is 5.92 Å². The molecule has 0 amide bonds. The molecule has 0 fully saturated rings. The Morgan fingerprint density at radius 1 is 1.31 bits per heavy atom. The van der Waals surface area contributed by atoms with Crippen LogP contribution in [0.15, 0.2) is 24.3 Å². The van der Waals surface area contributed by atoms with Crippen molar-refractivity contribution in [2.75, 3.05) is 12.8 Å². The largest absolute Gasteiger partial charge is 0.399 e. The summed E-state index contributed by atoms with van der Waals surface area (Å²) in [6, 6.07) is 7.86. The first-order valence-corrected chi connectivity index (χ1v) is 4.53. The standard InChI is InChI=1S/C11H17NO/c1-8(2)11(13-3)9-5-4-6-10(12)7-9/h4-8,11H,12H2,1-3H3/t11-/m1/s1. The highest BCUT2D eigenvalue weighted by Crippen LogP contribution is 2.25. The second-order valence-corrected chi connectivity index (χ2v) is 3.57. The molecular weight excluding hydrogens is 162 g/mol. The van der Waals surface area contributed by atoms with Crippen molar-refractivity contribution in [2.45, 2.75) is 20.0 Å². The minimum absolute atomic E-state index is 0.142. The lowest BCUT2D eigenvalue weighted by atomic mass is 9.99. The maximum absolute atomic E-state index is 5.70. The summed E-state index contributed by atoms with van der Waals surface area (Å²) in [7, 11) is 1.73. The number of methoxy groups -OCH3 is 1. The highest BCUT2D eigenvalue weighted by Gasteiger charge is 2.14. The van der Waals surface area contributed by atoms with E-state index < -0.39 is 0 Å². The molecule has 0 aliphatic carbocycles. The minimum atomic E-state index is 0.142. The Morgan fingerprint density at radius 3 is 2.46 bits per heavy atom. The molecule has 0 bridgehead atoms. The van der Waals surface area contributed by atoms with Gasteiger partial charge in [-0.15, -0.1) is 0 Å². The predicted molar refractivity (Wildman–Crippen MR) is 55.4 cm³/mol. The van der Waals surface area contributed by atoms with E-state index in [4.69, 9.17) is 10.5 Å². The van der Waals surface area contributed by atoms with Crippen LogP contribution in [0.3, 0.4) is 0 Å². The molecule has 0 radical (unpaired) electrons. The number of nitrogen functional groups attached to an aromatic ring is 1. The SMILES string of the molecule is CO[C@@H](c1cccc(N)c1)C(C)C. The van der Waals surface area contributed by atoms with Crippen LogP contribution < -0.4 is 5.73 Å².